The molecule has 0 aliphatic rings. The highest BCUT2D eigenvalue weighted by atomic mass is 19.1. The number of nitrogens with one attached hydrogen (secondary N) is 2. The van der Waals surface area contributed by atoms with Crippen LogP contribution in [-0.2, 0) is 6.54 Å². The fourth-order valence-corrected chi connectivity index (χ4v) is 1.91. The zero-order chi connectivity index (χ0) is 16.5. The van der Waals surface area contributed by atoms with Crippen LogP contribution in [0, 0.1) is 5.82 Å². The number of carbonyl (C=O) groups is 1. The lowest BCUT2D eigenvalue weighted by Gasteiger charge is -2.11. The van der Waals surface area contributed by atoms with Gasteiger partial charge in [0, 0.05) is 30.9 Å². The van der Waals surface area contributed by atoms with Crippen LogP contribution in [0.2, 0.25) is 0 Å². The molecule has 0 saturated carbocycles. The van der Waals surface area contributed by atoms with E-state index >= 15 is 0 Å². The van der Waals surface area contributed by atoms with E-state index in [0.29, 0.717) is 23.7 Å². The maximum atomic E-state index is 13.2. The molecule has 5 nitrogen and oxygen atoms in total. The topological polar surface area (TPSA) is 63.2 Å². The summed E-state index contributed by atoms with van der Waals surface area (Å²) < 4.78 is 18.8. The lowest BCUT2D eigenvalue weighted by molar-refractivity contribution is 0.240. The Morgan fingerprint density at radius 1 is 1.26 bits per heavy atom. The maximum absolute atomic E-state index is 13.2. The Hall–Kier alpha value is -2.63. The number of unbranched alkanes of at least 4 members (excludes halogenated alkanes) is 1. The molecule has 23 heavy (non-hydrogen) atoms. The van der Waals surface area contributed by atoms with Gasteiger partial charge in [-0.15, -0.1) is 0 Å². The molecule has 0 radical (unpaired) electrons. The number of hydrogen-bond acceptors (Lipinski definition) is 3. The maximum Gasteiger partial charge on any atom is 0.315 e. The van der Waals surface area contributed by atoms with Gasteiger partial charge in [0.05, 0.1) is 0 Å². The Balaban J connectivity index is 1.96. The summed E-state index contributed by atoms with van der Waals surface area (Å²) in [7, 11) is 0. The molecule has 2 rings (SSSR count). The Bertz CT molecular complexity index is 649. The van der Waals surface area contributed by atoms with Gasteiger partial charge in [-0.3, -0.25) is 0 Å². The van der Waals surface area contributed by atoms with E-state index < -0.39 is 0 Å². The van der Waals surface area contributed by atoms with Crippen LogP contribution >= 0.6 is 0 Å². The molecule has 2 amide bonds. The summed E-state index contributed by atoms with van der Waals surface area (Å²) >= 11 is 0. The minimum absolute atomic E-state index is 0.237. The van der Waals surface area contributed by atoms with E-state index in [1.807, 2.05) is 0 Å². The first kappa shape index (κ1) is 16.7. The van der Waals surface area contributed by atoms with Crippen molar-refractivity contribution in [2.75, 3.05) is 6.54 Å². The van der Waals surface area contributed by atoms with E-state index in [1.165, 1.54) is 12.1 Å². The van der Waals surface area contributed by atoms with Crippen molar-refractivity contribution in [3.8, 4) is 11.6 Å². The average Bonchev–Trinajstić information content (AvgIpc) is 2.54. The lowest BCUT2D eigenvalue weighted by atomic mass is 10.2. The van der Waals surface area contributed by atoms with Crippen molar-refractivity contribution in [2.24, 2.45) is 0 Å². The number of hydrogen-bond donors (Lipinski definition) is 2. The predicted molar refractivity (Wildman–Crippen MR) is 85.9 cm³/mol. The Labute approximate surface area is 134 Å². The van der Waals surface area contributed by atoms with E-state index in [-0.39, 0.29) is 18.4 Å². The van der Waals surface area contributed by atoms with Crippen molar-refractivity contribution < 1.29 is 13.9 Å². The van der Waals surface area contributed by atoms with Gasteiger partial charge in [0.25, 0.3) is 0 Å². The van der Waals surface area contributed by atoms with E-state index in [0.717, 1.165) is 12.8 Å². The Kier molecular flexibility index (Phi) is 6.35. The zero-order valence-electron chi connectivity index (χ0n) is 13.0. The quantitative estimate of drug-likeness (QED) is 0.767. The fraction of sp³-hybridized carbons (Fsp3) is 0.294. The van der Waals surface area contributed by atoms with Crippen LogP contribution in [-0.4, -0.2) is 17.6 Å². The second kappa shape index (κ2) is 8.73. The molecule has 1 aromatic heterocycles. The minimum Gasteiger partial charge on any atom is -0.439 e. The van der Waals surface area contributed by atoms with Crippen LogP contribution < -0.4 is 15.4 Å². The van der Waals surface area contributed by atoms with Crippen molar-refractivity contribution in [3.63, 3.8) is 0 Å². The molecule has 0 bridgehead atoms. The number of rotatable bonds is 7. The highest BCUT2D eigenvalue weighted by Crippen LogP contribution is 2.23. The minimum atomic E-state index is -0.381. The molecule has 122 valence electrons. The van der Waals surface area contributed by atoms with Crippen LogP contribution in [0.5, 0.6) is 11.6 Å². The van der Waals surface area contributed by atoms with Crippen LogP contribution in [0.3, 0.4) is 0 Å². The number of pyridine rings is 1. The van der Waals surface area contributed by atoms with Gasteiger partial charge >= 0.3 is 6.03 Å². The highest BCUT2D eigenvalue weighted by Gasteiger charge is 2.08. The second-order valence-corrected chi connectivity index (χ2v) is 4.99. The van der Waals surface area contributed by atoms with Crippen molar-refractivity contribution in [1.82, 2.24) is 15.6 Å². The first-order valence-electron chi connectivity index (χ1n) is 7.58. The molecule has 0 aliphatic carbocycles. The molecule has 1 aromatic carbocycles. The van der Waals surface area contributed by atoms with Crippen molar-refractivity contribution >= 4 is 6.03 Å². The summed E-state index contributed by atoms with van der Waals surface area (Å²) in [5, 5.41) is 5.52. The van der Waals surface area contributed by atoms with Crippen LogP contribution in [0.4, 0.5) is 9.18 Å². The third-order valence-electron chi connectivity index (χ3n) is 3.12. The molecular weight excluding hydrogens is 297 g/mol. The average molecular weight is 317 g/mol. The number of amides is 2. The van der Waals surface area contributed by atoms with Crippen LogP contribution in [0.1, 0.15) is 25.3 Å². The van der Waals surface area contributed by atoms with Crippen molar-refractivity contribution in [3.05, 3.63) is 54.0 Å². The number of aromatic nitrogens is 1. The molecule has 1 heterocycles. The molecule has 0 spiro atoms. The monoisotopic (exact) mass is 317 g/mol. The van der Waals surface area contributed by atoms with Gasteiger partial charge in [-0.2, -0.15) is 0 Å². The third kappa shape index (κ3) is 5.58. The summed E-state index contributed by atoms with van der Waals surface area (Å²) in [6, 6.07) is 9.15. The Morgan fingerprint density at radius 2 is 2.13 bits per heavy atom. The van der Waals surface area contributed by atoms with E-state index in [2.05, 4.69) is 22.5 Å². The molecular formula is C17H20FN3O2. The molecule has 0 fully saturated rings. The summed E-state index contributed by atoms with van der Waals surface area (Å²) in [4.78, 5) is 15.8. The Morgan fingerprint density at radius 3 is 2.91 bits per heavy atom. The van der Waals surface area contributed by atoms with Gasteiger partial charge in [0.1, 0.15) is 11.6 Å². The first-order chi connectivity index (χ1) is 11.2. The van der Waals surface area contributed by atoms with E-state index in [9.17, 15) is 9.18 Å². The largest absolute Gasteiger partial charge is 0.439 e. The number of urea groups is 1. The standard InChI is InChI=1S/C17H20FN3O2/c1-2-3-9-20-17(22)21-12-13-6-5-10-19-16(13)23-15-8-4-7-14(18)11-15/h4-8,10-11H,2-3,9,12H2,1H3,(H2,20,21,22). The number of carbonyl (C=O) groups excluding carboxylic acids is 1. The fourth-order valence-electron chi connectivity index (χ4n) is 1.91. The first-order valence-corrected chi connectivity index (χ1v) is 7.58. The second-order valence-electron chi connectivity index (χ2n) is 4.99. The van der Waals surface area contributed by atoms with Crippen LogP contribution in [0.25, 0.3) is 0 Å². The molecule has 6 heteroatoms. The van der Waals surface area contributed by atoms with Crippen LogP contribution in [0.15, 0.2) is 42.6 Å². The number of halogens is 1. The van der Waals surface area contributed by atoms with Gasteiger partial charge in [0.15, 0.2) is 0 Å². The van der Waals surface area contributed by atoms with Crippen molar-refractivity contribution in [2.45, 2.75) is 26.3 Å². The molecule has 0 saturated heterocycles. The normalized spacial score (nSPS) is 10.2. The van der Waals surface area contributed by atoms with Gasteiger partial charge in [-0.25, -0.2) is 14.2 Å². The van der Waals surface area contributed by atoms with E-state index in [4.69, 9.17) is 4.74 Å². The summed E-state index contributed by atoms with van der Waals surface area (Å²) in [5.41, 5.74) is 0.711. The zero-order valence-corrected chi connectivity index (χ0v) is 13.0. The summed E-state index contributed by atoms with van der Waals surface area (Å²) in [6.07, 6.45) is 3.54. The van der Waals surface area contributed by atoms with Gasteiger partial charge in [-0.05, 0) is 24.6 Å². The lowest BCUT2D eigenvalue weighted by Crippen LogP contribution is -2.35. The molecule has 0 aliphatic heterocycles. The van der Waals surface area contributed by atoms with Gasteiger partial charge in [0.2, 0.25) is 5.88 Å². The summed E-state index contributed by atoms with van der Waals surface area (Å²) in [6.45, 7) is 2.98. The molecule has 2 aromatic rings. The third-order valence-corrected chi connectivity index (χ3v) is 3.12. The smallest absolute Gasteiger partial charge is 0.315 e. The SMILES string of the molecule is CCCCNC(=O)NCc1cccnc1Oc1cccc(F)c1. The highest BCUT2D eigenvalue weighted by molar-refractivity contribution is 5.73. The van der Waals surface area contributed by atoms with Crippen molar-refractivity contribution in [1.29, 1.82) is 0 Å². The number of ether oxygens (including phenoxy) is 1. The van der Waals surface area contributed by atoms with Gasteiger partial charge < -0.3 is 15.4 Å². The summed E-state index contributed by atoms with van der Waals surface area (Å²) in [5.74, 6) is 0.317. The molecule has 0 atom stereocenters. The van der Waals surface area contributed by atoms with Gasteiger partial charge in [-0.1, -0.05) is 25.5 Å². The number of nitrogens with zero attached hydrogens (tertiary/aromatic N) is 1. The number of benzene rings is 1. The molecule has 2 N–H and O–H groups in total. The van der Waals surface area contributed by atoms with E-state index in [1.54, 1.807) is 30.5 Å². The predicted octanol–water partition coefficient (Wildman–Crippen LogP) is 3.61. The molecule has 0 unspecified atom stereocenters.